The molecule has 0 aromatic heterocycles. The van der Waals surface area contributed by atoms with Crippen molar-refractivity contribution in [3.63, 3.8) is 0 Å². The monoisotopic (exact) mass is 383 g/mol. The van der Waals surface area contributed by atoms with Crippen LogP contribution in [-0.2, 0) is 4.74 Å². The molecule has 152 valence electrons. The molecule has 0 amide bonds. The summed E-state index contributed by atoms with van der Waals surface area (Å²) in [6, 6.07) is 16.9. The topological polar surface area (TPSA) is 38.8 Å². The first-order valence-corrected chi connectivity index (χ1v) is 9.96. The molecule has 0 aliphatic heterocycles. The van der Waals surface area contributed by atoms with E-state index in [2.05, 4.69) is 56.9 Å². The number of hydrogen-bond acceptors (Lipinski definition) is 4. The zero-order chi connectivity index (χ0) is 20.7. The van der Waals surface area contributed by atoms with Crippen LogP contribution in [0, 0.1) is 0 Å². The molecular formula is C24H33NO3. The largest absolute Gasteiger partial charge is 0.496 e. The third kappa shape index (κ3) is 5.35. The van der Waals surface area contributed by atoms with Gasteiger partial charge in [0.25, 0.3) is 0 Å². The van der Waals surface area contributed by atoms with Gasteiger partial charge in [-0.25, -0.2) is 4.79 Å². The minimum absolute atomic E-state index is 0.126. The maximum atomic E-state index is 12.1. The van der Waals surface area contributed by atoms with Crippen LogP contribution in [0.4, 0.5) is 0 Å². The summed E-state index contributed by atoms with van der Waals surface area (Å²) < 4.78 is 10.6. The first-order valence-electron chi connectivity index (χ1n) is 9.96. The summed E-state index contributed by atoms with van der Waals surface area (Å²) in [6.45, 7) is 9.89. The molecule has 1 atom stereocenters. The van der Waals surface area contributed by atoms with E-state index in [1.165, 1.54) is 12.7 Å². The molecule has 0 N–H and O–H groups in total. The Morgan fingerprint density at radius 2 is 1.61 bits per heavy atom. The van der Waals surface area contributed by atoms with Crippen LogP contribution in [0.15, 0.2) is 48.5 Å². The van der Waals surface area contributed by atoms with Gasteiger partial charge in [-0.15, -0.1) is 0 Å². The number of carbonyl (C=O) groups excluding carboxylic acids is 1. The van der Waals surface area contributed by atoms with Crippen molar-refractivity contribution in [2.45, 2.75) is 52.1 Å². The summed E-state index contributed by atoms with van der Waals surface area (Å²) in [5.74, 6) is 0.588. The van der Waals surface area contributed by atoms with E-state index in [9.17, 15) is 4.79 Å². The van der Waals surface area contributed by atoms with E-state index >= 15 is 0 Å². The van der Waals surface area contributed by atoms with Gasteiger partial charge in [0, 0.05) is 23.6 Å². The van der Waals surface area contributed by atoms with Crippen LogP contribution >= 0.6 is 0 Å². The quantitative estimate of drug-likeness (QED) is 0.563. The number of nitrogens with zero attached hydrogens (tertiary/aromatic N) is 1. The zero-order valence-electron chi connectivity index (χ0n) is 17.9. The number of esters is 1. The fourth-order valence-electron chi connectivity index (χ4n) is 3.83. The molecule has 0 spiro atoms. The number of methoxy groups -OCH3 is 2. The van der Waals surface area contributed by atoms with Crippen LogP contribution in [0.2, 0.25) is 0 Å². The summed E-state index contributed by atoms with van der Waals surface area (Å²) in [6.07, 6.45) is 0.932. The first kappa shape index (κ1) is 22.0. The minimum Gasteiger partial charge on any atom is -0.496 e. The predicted molar refractivity (Wildman–Crippen MR) is 114 cm³/mol. The predicted octanol–water partition coefficient (Wildman–Crippen LogP) is 5.12. The van der Waals surface area contributed by atoms with Gasteiger partial charge >= 0.3 is 5.97 Å². The third-order valence-electron chi connectivity index (χ3n) is 5.23. The molecule has 0 radical (unpaired) electrons. The minimum atomic E-state index is -0.332. The van der Waals surface area contributed by atoms with Crippen LogP contribution in [0.1, 0.15) is 61.5 Å². The van der Waals surface area contributed by atoms with E-state index in [1.807, 2.05) is 18.2 Å². The Morgan fingerprint density at radius 1 is 0.964 bits per heavy atom. The van der Waals surface area contributed by atoms with Crippen molar-refractivity contribution in [2.24, 2.45) is 0 Å². The lowest BCUT2D eigenvalue weighted by atomic mass is 9.86. The molecule has 0 fully saturated rings. The summed E-state index contributed by atoms with van der Waals surface area (Å²) >= 11 is 0. The van der Waals surface area contributed by atoms with Crippen LogP contribution in [0.5, 0.6) is 5.75 Å². The molecule has 2 rings (SSSR count). The standard InChI is InChI=1S/C24H33NO3/c1-17(2)25(18(3)4)15-14-21(19-10-8-7-9-11-19)22-16-20(24(26)28-6)12-13-23(22)27-5/h7-13,16-18,21H,14-15H2,1-6H3. The summed E-state index contributed by atoms with van der Waals surface area (Å²) in [4.78, 5) is 14.6. The summed E-state index contributed by atoms with van der Waals surface area (Å²) in [5, 5.41) is 0. The average Bonchev–Trinajstić information content (AvgIpc) is 2.70. The van der Waals surface area contributed by atoms with Crippen molar-refractivity contribution in [3.05, 3.63) is 65.2 Å². The molecule has 2 aromatic rings. The van der Waals surface area contributed by atoms with Crippen molar-refractivity contribution < 1.29 is 14.3 Å². The Bertz CT molecular complexity index is 748. The Kier molecular flexibility index (Phi) is 8.06. The molecule has 0 saturated heterocycles. The summed E-state index contributed by atoms with van der Waals surface area (Å²) in [7, 11) is 3.08. The molecule has 0 heterocycles. The molecular weight excluding hydrogens is 350 g/mol. The molecule has 4 nitrogen and oxygen atoms in total. The summed E-state index contributed by atoms with van der Waals surface area (Å²) in [5.41, 5.74) is 2.78. The molecule has 0 bridgehead atoms. The van der Waals surface area contributed by atoms with Gasteiger partial charge in [0.2, 0.25) is 0 Å². The number of rotatable bonds is 9. The highest BCUT2D eigenvalue weighted by Gasteiger charge is 2.23. The smallest absolute Gasteiger partial charge is 0.337 e. The van der Waals surface area contributed by atoms with Gasteiger partial charge in [0.15, 0.2) is 0 Å². The molecule has 4 heteroatoms. The molecule has 0 aliphatic carbocycles. The van der Waals surface area contributed by atoms with Crippen molar-refractivity contribution in [1.82, 2.24) is 4.90 Å². The second-order valence-corrected chi connectivity index (χ2v) is 7.63. The van der Waals surface area contributed by atoms with Crippen LogP contribution in [-0.4, -0.2) is 43.7 Å². The van der Waals surface area contributed by atoms with Crippen molar-refractivity contribution in [2.75, 3.05) is 20.8 Å². The molecule has 0 saturated carbocycles. The second kappa shape index (κ2) is 10.3. The maximum absolute atomic E-state index is 12.1. The van der Waals surface area contributed by atoms with Crippen LogP contribution < -0.4 is 4.74 Å². The van der Waals surface area contributed by atoms with Crippen LogP contribution in [0.25, 0.3) is 0 Å². The number of ether oxygens (including phenoxy) is 2. The third-order valence-corrected chi connectivity index (χ3v) is 5.23. The van der Waals surface area contributed by atoms with Gasteiger partial charge in [0.1, 0.15) is 5.75 Å². The number of carbonyl (C=O) groups is 1. The van der Waals surface area contributed by atoms with Gasteiger partial charge in [0.05, 0.1) is 19.8 Å². The van der Waals surface area contributed by atoms with Crippen molar-refractivity contribution >= 4 is 5.97 Å². The van der Waals surface area contributed by atoms with Crippen molar-refractivity contribution in [1.29, 1.82) is 0 Å². The van der Waals surface area contributed by atoms with E-state index in [0.29, 0.717) is 17.6 Å². The Balaban J connectivity index is 2.46. The van der Waals surface area contributed by atoms with E-state index in [4.69, 9.17) is 9.47 Å². The SMILES string of the molecule is COC(=O)c1ccc(OC)c(C(CCN(C(C)C)C(C)C)c2ccccc2)c1. The van der Waals surface area contributed by atoms with E-state index in [-0.39, 0.29) is 11.9 Å². The first-order chi connectivity index (χ1) is 13.4. The molecule has 0 aliphatic rings. The number of benzene rings is 2. The molecule has 2 aromatic carbocycles. The van der Waals surface area contributed by atoms with E-state index in [1.54, 1.807) is 13.2 Å². The van der Waals surface area contributed by atoms with Gasteiger partial charge in [-0.05, 0) is 64.4 Å². The van der Waals surface area contributed by atoms with Gasteiger partial charge in [-0.3, -0.25) is 4.90 Å². The maximum Gasteiger partial charge on any atom is 0.337 e. The van der Waals surface area contributed by atoms with Gasteiger partial charge in [-0.2, -0.15) is 0 Å². The number of hydrogen-bond donors (Lipinski definition) is 0. The fraction of sp³-hybridized carbons (Fsp3) is 0.458. The Morgan fingerprint density at radius 3 is 2.14 bits per heavy atom. The lowest BCUT2D eigenvalue weighted by Gasteiger charge is -2.32. The zero-order valence-corrected chi connectivity index (χ0v) is 17.9. The highest BCUT2D eigenvalue weighted by Crippen LogP contribution is 2.35. The molecule has 28 heavy (non-hydrogen) atoms. The fourth-order valence-corrected chi connectivity index (χ4v) is 3.83. The van der Waals surface area contributed by atoms with E-state index < -0.39 is 0 Å². The Hall–Kier alpha value is -2.33. The Labute approximate surface area is 169 Å². The van der Waals surface area contributed by atoms with Crippen molar-refractivity contribution in [3.8, 4) is 5.75 Å². The molecule has 1 unspecified atom stereocenters. The lowest BCUT2D eigenvalue weighted by Crippen LogP contribution is -2.38. The highest BCUT2D eigenvalue weighted by molar-refractivity contribution is 5.89. The van der Waals surface area contributed by atoms with Crippen LogP contribution in [0.3, 0.4) is 0 Å². The van der Waals surface area contributed by atoms with Gasteiger partial charge < -0.3 is 9.47 Å². The van der Waals surface area contributed by atoms with Gasteiger partial charge in [-0.1, -0.05) is 30.3 Å². The lowest BCUT2D eigenvalue weighted by molar-refractivity contribution is 0.0600. The second-order valence-electron chi connectivity index (χ2n) is 7.63. The normalized spacial score (nSPS) is 12.5. The average molecular weight is 384 g/mol. The highest BCUT2D eigenvalue weighted by atomic mass is 16.5. The van der Waals surface area contributed by atoms with E-state index in [0.717, 1.165) is 24.3 Å².